The molecule has 0 aliphatic carbocycles. The first-order chi connectivity index (χ1) is 13.9. The molecule has 3 aromatic rings. The number of amides is 1. The van der Waals surface area contributed by atoms with Crippen molar-refractivity contribution in [1.29, 1.82) is 0 Å². The zero-order valence-electron chi connectivity index (χ0n) is 15.9. The molecule has 0 fully saturated rings. The first-order valence-corrected chi connectivity index (χ1v) is 10.1. The van der Waals surface area contributed by atoms with Crippen LogP contribution in [0.5, 0.6) is 11.5 Å². The molecule has 29 heavy (non-hydrogen) atoms. The summed E-state index contributed by atoms with van der Waals surface area (Å²) in [4.78, 5) is 12.6. The Hall–Kier alpha value is -3.52. The van der Waals surface area contributed by atoms with E-state index in [-0.39, 0.29) is 28.0 Å². The molecular weight excluding hydrogens is 392 g/mol. The highest BCUT2D eigenvalue weighted by Gasteiger charge is 2.19. The number of methoxy groups -OCH3 is 2. The molecule has 0 aliphatic heterocycles. The second-order valence-corrected chi connectivity index (χ2v) is 7.67. The van der Waals surface area contributed by atoms with Crippen molar-refractivity contribution in [2.24, 2.45) is 0 Å². The van der Waals surface area contributed by atoms with Crippen LogP contribution in [0.4, 0.5) is 11.4 Å². The Morgan fingerprint density at radius 1 is 0.793 bits per heavy atom. The van der Waals surface area contributed by atoms with Gasteiger partial charge in [-0.25, -0.2) is 8.42 Å². The summed E-state index contributed by atoms with van der Waals surface area (Å²) in [6.45, 7) is 0. The molecule has 0 heterocycles. The van der Waals surface area contributed by atoms with E-state index in [0.717, 1.165) is 0 Å². The maximum Gasteiger partial charge on any atom is 0.262 e. The molecule has 0 saturated heterocycles. The summed E-state index contributed by atoms with van der Waals surface area (Å²) in [6, 6.07) is 19.6. The third-order valence-electron chi connectivity index (χ3n) is 4.10. The smallest absolute Gasteiger partial charge is 0.262 e. The summed E-state index contributed by atoms with van der Waals surface area (Å²) in [5, 5.41) is 2.75. The van der Waals surface area contributed by atoms with Crippen LogP contribution in [0.15, 0.2) is 77.7 Å². The number of carbonyl (C=O) groups excluding carboxylic acids is 1. The van der Waals surface area contributed by atoms with Gasteiger partial charge in [-0.1, -0.05) is 36.4 Å². The summed E-state index contributed by atoms with van der Waals surface area (Å²) in [6.07, 6.45) is 0. The quantitative estimate of drug-likeness (QED) is 0.616. The van der Waals surface area contributed by atoms with Crippen molar-refractivity contribution in [3.63, 3.8) is 0 Å². The summed E-state index contributed by atoms with van der Waals surface area (Å²) < 4.78 is 38.4. The Morgan fingerprint density at radius 3 is 1.90 bits per heavy atom. The zero-order valence-corrected chi connectivity index (χ0v) is 16.7. The monoisotopic (exact) mass is 412 g/mol. The molecule has 0 aliphatic rings. The van der Waals surface area contributed by atoms with Gasteiger partial charge in [-0.05, 0) is 24.3 Å². The number of sulfonamides is 1. The van der Waals surface area contributed by atoms with Crippen molar-refractivity contribution < 1.29 is 22.7 Å². The molecule has 2 N–H and O–H groups in total. The average molecular weight is 412 g/mol. The van der Waals surface area contributed by atoms with Gasteiger partial charge in [-0.2, -0.15) is 0 Å². The lowest BCUT2D eigenvalue weighted by molar-refractivity contribution is 0.102. The Kier molecular flexibility index (Phi) is 6.04. The van der Waals surface area contributed by atoms with Crippen LogP contribution < -0.4 is 19.5 Å². The van der Waals surface area contributed by atoms with E-state index in [1.165, 1.54) is 38.5 Å². The fourth-order valence-corrected chi connectivity index (χ4v) is 3.74. The van der Waals surface area contributed by atoms with Crippen LogP contribution in [0.1, 0.15) is 10.4 Å². The highest BCUT2D eigenvalue weighted by Crippen LogP contribution is 2.37. The number of carbonyl (C=O) groups is 1. The van der Waals surface area contributed by atoms with Gasteiger partial charge in [-0.3, -0.25) is 9.52 Å². The average Bonchev–Trinajstić information content (AvgIpc) is 2.75. The summed E-state index contributed by atoms with van der Waals surface area (Å²) in [5.41, 5.74) is 1.01. The fourth-order valence-electron chi connectivity index (χ4n) is 2.66. The normalized spacial score (nSPS) is 10.8. The summed E-state index contributed by atoms with van der Waals surface area (Å²) >= 11 is 0. The number of hydrogen-bond acceptors (Lipinski definition) is 5. The van der Waals surface area contributed by atoms with Gasteiger partial charge in [-0.15, -0.1) is 0 Å². The van der Waals surface area contributed by atoms with Gasteiger partial charge in [0.15, 0.2) is 0 Å². The van der Waals surface area contributed by atoms with E-state index < -0.39 is 10.0 Å². The standard InChI is InChI=1S/C21H20N2O5S/c1-27-19-14-18(23-29(25,26)16-11-7-4-8-12-16)20(28-2)13-17(19)22-21(24)15-9-5-3-6-10-15/h3-14,23H,1-2H3,(H,22,24). The van der Waals surface area contributed by atoms with Gasteiger partial charge >= 0.3 is 0 Å². The Balaban J connectivity index is 1.93. The highest BCUT2D eigenvalue weighted by molar-refractivity contribution is 7.92. The summed E-state index contributed by atoms with van der Waals surface area (Å²) in [7, 11) is -0.989. The largest absolute Gasteiger partial charge is 0.494 e. The molecule has 3 rings (SSSR count). The summed E-state index contributed by atoms with van der Waals surface area (Å²) in [5.74, 6) is 0.179. The van der Waals surface area contributed by atoms with Crippen LogP contribution in [0, 0.1) is 0 Å². The van der Waals surface area contributed by atoms with E-state index >= 15 is 0 Å². The molecule has 0 aromatic heterocycles. The van der Waals surface area contributed by atoms with Gasteiger partial charge < -0.3 is 14.8 Å². The van der Waals surface area contributed by atoms with Gasteiger partial charge in [0.2, 0.25) is 0 Å². The van der Waals surface area contributed by atoms with E-state index in [2.05, 4.69) is 10.0 Å². The molecule has 3 aromatic carbocycles. The van der Waals surface area contributed by atoms with E-state index in [0.29, 0.717) is 11.3 Å². The molecule has 0 atom stereocenters. The predicted octanol–water partition coefficient (Wildman–Crippen LogP) is 3.76. The van der Waals surface area contributed by atoms with Crippen molar-refractivity contribution in [3.8, 4) is 11.5 Å². The molecular formula is C21H20N2O5S. The molecule has 0 saturated carbocycles. The van der Waals surface area contributed by atoms with Crippen molar-refractivity contribution in [3.05, 3.63) is 78.4 Å². The van der Waals surface area contributed by atoms with Gasteiger partial charge in [0.05, 0.1) is 30.5 Å². The van der Waals surface area contributed by atoms with E-state index in [4.69, 9.17) is 9.47 Å². The van der Waals surface area contributed by atoms with Crippen molar-refractivity contribution in [2.45, 2.75) is 4.90 Å². The van der Waals surface area contributed by atoms with Crippen molar-refractivity contribution >= 4 is 27.3 Å². The van der Waals surface area contributed by atoms with Gasteiger partial charge in [0.1, 0.15) is 11.5 Å². The number of benzene rings is 3. The lowest BCUT2D eigenvalue weighted by Crippen LogP contribution is -2.15. The maximum atomic E-state index is 12.6. The number of nitrogens with one attached hydrogen (secondary N) is 2. The second kappa shape index (κ2) is 8.66. The van der Waals surface area contributed by atoms with Crippen LogP contribution in [0.3, 0.4) is 0 Å². The molecule has 0 unspecified atom stereocenters. The molecule has 8 heteroatoms. The number of ether oxygens (including phenoxy) is 2. The van der Waals surface area contributed by atoms with Crippen LogP contribution in [-0.2, 0) is 10.0 Å². The van der Waals surface area contributed by atoms with E-state index in [9.17, 15) is 13.2 Å². The fraction of sp³-hybridized carbons (Fsp3) is 0.0952. The lowest BCUT2D eigenvalue weighted by atomic mass is 10.2. The maximum absolute atomic E-state index is 12.6. The molecule has 7 nitrogen and oxygen atoms in total. The molecule has 150 valence electrons. The second-order valence-electron chi connectivity index (χ2n) is 5.99. The third kappa shape index (κ3) is 4.67. The first kappa shape index (κ1) is 20.2. The lowest BCUT2D eigenvalue weighted by Gasteiger charge is -2.17. The SMILES string of the molecule is COc1cc(NS(=O)(=O)c2ccccc2)c(OC)cc1NC(=O)c1ccccc1. The molecule has 0 radical (unpaired) electrons. The number of anilines is 2. The van der Waals surface area contributed by atoms with Gasteiger partial charge in [0.25, 0.3) is 15.9 Å². The molecule has 0 bridgehead atoms. The Bertz CT molecular complexity index is 1100. The third-order valence-corrected chi connectivity index (χ3v) is 5.49. The number of hydrogen-bond donors (Lipinski definition) is 2. The minimum atomic E-state index is -3.82. The van der Waals surface area contributed by atoms with Gasteiger partial charge in [0, 0.05) is 17.7 Å². The minimum Gasteiger partial charge on any atom is -0.494 e. The van der Waals surface area contributed by atoms with Crippen molar-refractivity contribution in [1.82, 2.24) is 0 Å². The Morgan fingerprint density at radius 2 is 1.31 bits per heavy atom. The first-order valence-electron chi connectivity index (χ1n) is 8.65. The van der Waals surface area contributed by atoms with Crippen LogP contribution >= 0.6 is 0 Å². The molecule has 0 spiro atoms. The van der Waals surface area contributed by atoms with E-state index in [1.54, 1.807) is 42.5 Å². The molecule has 1 amide bonds. The predicted molar refractivity (Wildman–Crippen MR) is 111 cm³/mol. The highest BCUT2D eigenvalue weighted by atomic mass is 32.2. The van der Waals surface area contributed by atoms with Crippen LogP contribution in [-0.4, -0.2) is 28.5 Å². The van der Waals surface area contributed by atoms with Crippen molar-refractivity contribution in [2.75, 3.05) is 24.3 Å². The Labute approximate surface area is 169 Å². The van der Waals surface area contributed by atoms with Crippen LogP contribution in [0.25, 0.3) is 0 Å². The topological polar surface area (TPSA) is 93.7 Å². The van der Waals surface area contributed by atoms with Crippen LogP contribution in [0.2, 0.25) is 0 Å². The van der Waals surface area contributed by atoms with E-state index in [1.807, 2.05) is 6.07 Å². The number of rotatable bonds is 7. The minimum absolute atomic E-state index is 0.113. The zero-order chi connectivity index (χ0) is 20.9.